The topological polar surface area (TPSA) is 52.7 Å². The van der Waals surface area contributed by atoms with E-state index in [4.69, 9.17) is 0 Å². The van der Waals surface area contributed by atoms with E-state index in [1.54, 1.807) is 26.2 Å². The minimum absolute atomic E-state index is 0.411. The van der Waals surface area contributed by atoms with Gasteiger partial charge in [-0.1, -0.05) is 12.1 Å². The van der Waals surface area contributed by atoms with Crippen molar-refractivity contribution in [1.82, 2.24) is 9.62 Å². The minimum atomic E-state index is -3.41. The normalized spacial score (nSPS) is 26.1. The van der Waals surface area contributed by atoms with Crippen LogP contribution in [0.1, 0.15) is 12.8 Å². The Labute approximate surface area is 127 Å². The predicted octanol–water partition coefficient (Wildman–Crippen LogP) is 1.13. The molecule has 1 aromatic rings. The van der Waals surface area contributed by atoms with Crippen molar-refractivity contribution >= 4 is 15.7 Å². The first-order valence-corrected chi connectivity index (χ1v) is 8.94. The van der Waals surface area contributed by atoms with E-state index >= 15 is 0 Å². The first-order valence-electron chi connectivity index (χ1n) is 7.50. The number of hydrogen-bond donors (Lipinski definition) is 1. The molecule has 0 saturated carbocycles. The van der Waals surface area contributed by atoms with Crippen LogP contribution in [0.15, 0.2) is 29.2 Å². The third-order valence-electron chi connectivity index (χ3n) is 4.56. The molecule has 3 rings (SSSR count). The van der Waals surface area contributed by atoms with Crippen molar-refractivity contribution in [2.45, 2.75) is 23.8 Å². The maximum absolute atomic E-state index is 12.5. The van der Waals surface area contributed by atoms with Crippen LogP contribution in [0, 0.1) is 5.92 Å². The fourth-order valence-electron chi connectivity index (χ4n) is 3.38. The Morgan fingerprint density at radius 1 is 1.24 bits per heavy atom. The average molecular weight is 309 g/mol. The van der Waals surface area contributed by atoms with E-state index in [1.165, 1.54) is 17.1 Å². The number of nitrogens with zero attached hydrogens (tertiary/aromatic N) is 2. The summed E-state index contributed by atoms with van der Waals surface area (Å²) in [6.45, 7) is 2.91. The molecule has 2 unspecified atom stereocenters. The van der Waals surface area contributed by atoms with Gasteiger partial charge < -0.3 is 10.2 Å². The van der Waals surface area contributed by atoms with Gasteiger partial charge in [-0.15, -0.1) is 0 Å². The van der Waals surface area contributed by atoms with Gasteiger partial charge in [-0.2, -0.15) is 0 Å². The number of fused-ring (bicyclic) bond motifs is 1. The number of rotatable bonds is 3. The molecular weight excluding hydrogens is 286 g/mol. The third kappa shape index (κ3) is 2.67. The molecule has 1 N–H and O–H groups in total. The molecule has 0 bridgehead atoms. The lowest BCUT2D eigenvalue weighted by atomic mass is 9.94. The highest BCUT2D eigenvalue weighted by molar-refractivity contribution is 7.89. The molecular formula is C15H23N3O2S. The molecule has 6 heteroatoms. The van der Waals surface area contributed by atoms with E-state index in [9.17, 15) is 8.42 Å². The number of sulfonamides is 1. The van der Waals surface area contributed by atoms with Crippen LogP contribution >= 0.6 is 0 Å². The first-order chi connectivity index (χ1) is 10.00. The Morgan fingerprint density at radius 2 is 2.00 bits per heavy atom. The van der Waals surface area contributed by atoms with Gasteiger partial charge in [0.15, 0.2) is 0 Å². The molecule has 21 heavy (non-hydrogen) atoms. The van der Waals surface area contributed by atoms with Gasteiger partial charge in [-0.3, -0.25) is 0 Å². The van der Waals surface area contributed by atoms with Crippen molar-refractivity contribution in [3.8, 4) is 0 Å². The van der Waals surface area contributed by atoms with Crippen LogP contribution in [0.3, 0.4) is 0 Å². The van der Waals surface area contributed by atoms with Crippen molar-refractivity contribution in [2.24, 2.45) is 5.92 Å². The van der Waals surface area contributed by atoms with E-state index in [0.717, 1.165) is 25.3 Å². The van der Waals surface area contributed by atoms with E-state index in [-0.39, 0.29) is 0 Å². The minimum Gasteiger partial charge on any atom is -0.369 e. The Kier molecular flexibility index (Phi) is 3.94. The molecule has 116 valence electrons. The summed E-state index contributed by atoms with van der Waals surface area (Å²) in [6.07, 6.45) is 2.45. The summed E-state index contributed by atoms with van der Waals surface area (Å²) in [5.41, 5.74) is 0.836. The largest absolute Gasteiger partial charge is 0.369 e. The van der Waals surface area contributed by atoms with Gasteiger partial charge in [0.25, 0.3) is 0 Å². The van der Waals surface area contributed by atoms with Crippen molar-refractivity contribution in [3.63, 3.8) is 0 Å². The zero-order valence-electron chi connectivity index (χ0n) is 12.6. The van der Waals surface area contributed by atoms with Gasteiger partial charge in [0, 0.05) is 33.2 Å². The SMILES string of the molecule is CN(C)S(=O)(=O)c1ccccc1N1CC2CCCNC2C1. The van der Waals surface area contributed by atoms with Crippen LogP contribution < -0.4 is 10.2 Å². The van der Waals surface area contributed by atoms with Gasteiger partial charge in [-0.25, -0.2) is 12.7 Å². The third-order valence-corrected chi connectivity index (χ3v) is 6.43. The highest BCUT2D eigenvalue weighted by Gasteiger charge is 2.36. The first kappa shape index (κ1) is 14.8. The molecule has 1 aromatic carbocycles. The van der Waals surface area contributed by atoms with Crippen LogP contribution in [0.2, 0.25) is 0 Å². The fraction of sp³-hybridized carbons (Fsp3) is 0.600. The van der Waals surface area contributed by atoms with Gasteiger partial charge in [0.2, 0.25) is 10.0 Å². The summed E-state index contributed by atoms with van der Waals surface area (Å²) in [4.78, 5) is 2.64. The molecule has 2 heterocycles. The average Bonchev–Trinajstić information content (AvgIpc) is 2.91. The molecule has 2 saturated heterocycles. The predicted molar refractivity (Wildman–Crippen MR) is 84.0 cm³/mol. The number of anilines is 1. The number of nitrogens with one attached hydrogen (secondary N) is 1. The van der Waals surface area contributed by atoms with E-state index < -0.39 is 10.0 Å². The molecule has 0 spiro atoms. The number of para-hydroxylation sites is 1. The molecule has 0 aliphatic carbocycles. The van der Waals surface area contributed by atoms with Crippen LogP contribution in [0.5, 0.6) is 0 Å². The second-order valence-electron chi connectivity index (χ2n) is 6.12. The zero-order chi connectivity index (χ0) is 15.0. The molecule has 0 radical (unpaired) electrons. The highest BCUT2D eigenvalue weighted by atomic mass is 32.2. The Hall–Kier alpha value is -1.11. The van der Waals surface area contributed by atoms with Gasteiger partial charge >= 0.3 is 0 Å². The van der Waals surface area contributed by atoms with E-state index in [0.29, 0.717) is 16.9 Å². The monoisotopic (exact) mass is 309 g/mol. The molecule has 0 amide bonds. The molecule has 2 aliphatic rings. The van der Waals surface area contributed by atoms with Crippen molar-refractivity contribution in [2.75, 3.05) is 38.6 Å². The Bertz CT molecular complexity index is 601. The maximum Gasteiger partial charge on any atom is 0.244 e. The second-order valence-corrected chi connectivity index (χ2v) is 8.24. The van der Waals surface area contributed by atoms with E-state index in [2.05, 4.69) is 10.2 Å². The van der Waals surface area contributed by atoms with Crippen molar-refractivity contribution < 1.29 is 8.42 Å². The summed E-state index contributed by atoms with van der Waals surface area (Å²) >= 11 is 0. The standard InChI is InChI=1S/C15H23N3O2S/c1-17(2)21(19,20)15-8-4-3-7-14(15)18-10-12-6-5-9-16-13(12)11-18/h3-4,7-8,12-13,16H,5-6,9-11H2,1-2H3. The summed E-state index contributed by atoms with van der Waals surface area (Å²) < 4.78 is 26.3. The maximum atomic E-state index is 12.5. The summed E-state index contributed by atoms with van der Waals surface area (Å²) in [7, 11) is -0.245. The quantitative estimate of drug-likeness (QED) is 0.909. The lowest BCUT2D eigenvalue weighted by Gasteiger charge is -2.24. The summed E-state index contributed by atoms with van der Waals surface area (Å²) in [6, 6.07) is 7.84. The zero-order valence-corrected chi connectivity index (χ0v) is 13.4. The van der Waals surface area contributed by atoms with Crippen LogP contribution in [-0.4, -0.2) is 52.5 Å². The molecule has 2 atom stereocenters. The van der Waals surface area contributed by atoms with Crippen molar-refractivity contribution in [1.29, 1.82) is 0 Å². The number of piperidine rings is 1. The van der Waals surface area contributed by atoms with Crippen molar-refractivity contribution in [3.05, 3.63) is 24.3 Å². The van der Waals surface area contributed by atoms with Crippen LogP contribution in [0.4, 0.5) is 5.69 Å². The molecule has 5 nitrogen and oxygen atoms in total. The number of hydrogen-bond acceptors (Lipinski definition) is 4. The number of benzene rings is 1. The fourth-order valence-corrected chi connectivity index (χ4v) is 4.48. The Morgan fingerprint density at radius 3 is 2.71 bits per heavy atom. The lowest BCUT2D eigenvalue weighted by molar-refractivity contribution is 0.340. The van der Waals surface area contributed by atoms with Crippen LogP contribution in [0.25, 0.3) is 0 Å². The van der Waals surface area contributed by atoms with Gasteiger partial charge in [0.05, 0.1) is 5.69 Å². The van der Waals surface area contributed by atoms with Gasteiger partial charge in [-0.05, 0) is 37.4 Å². The van der Waals surface area contributed by atoms with Crippen LogP contribution in [-0.2, 0) is 10.0 Å². The summed E-state index contributed by atoms with van der Waals surface area (Å²) in [5.74, 6) is 0.633. The molecule has 0 aromatic heterocycles. The molecule has 2 aliphatic heterocycles. The molecule has 2 fully saturated rings. The Balaban J connectivity index is 1.93. The smallest absolute Gasteiger partial charge is 0.244 e. The van der Waals surface area contributed by atoms with Gasteiger partial charge in [0.1, 0.15) is 4.90 Å². The second kappa shape index (κ2) is 5.59. The summed E-state index contributed by atoms with van der Waals surface area (Å²) in [5, 5.41) is 3.56. The lowest BCUT2D eigenvalue weighted by Crippen LogP contribution is -2.40. The van der Waals surface area contributed by atoms with E-state index in [1.807, 2.05) is 12.1 Å². The highest BCUT2D eigenvalue weighted by Crippen LogP contribution is 2.33.